The molecule has 0 bridgehead atoms. The van der Waals surface area contributed by atoms with Gasteiger partial charge in [-0.25, -0.2) is 4.98 Å². The minimum atomic E-state index is -0.129. The van der Waals surface area contributed by atoms with Gasteiger partial charge in [0, 0.05) is 38.2 Å². The molecule has 2 aromatic heterocycles. The Balaban J connectivity index is 1.84. The van der Waals surface area contributed by atoms with Gasteiger partial charge < -0.3 is 10.2 Å². The van der Waals surface area contributed by atoms with Gasteiger partial charge in [-0.3, -0.25) is 9.59 Å². The molecule has 118 valence electrons. The van der Waals surface area contributed by atoms with Gasteiger partial charge in [0.15, 0.2) is 5.65 Å². The van der Waals surface area contributed by atoms with Gasteiger partial charge in [0.1, 0.15) is 5.82 Å². The second kappa shape index (κ2) is 7.53. The van der Waals surface area contributed by atoms with Gasteiger partial charge in [0.25, 0.3) is 0 Å². The summed E-state index contributed by atoms with van der Waals surface area (Å²) >= 11 is 0. The van der Waals surface area contributed by atoms with Crippen LogP contribution in [-0.2, 0) is 9.59 Å². The molecule has 1 N–H and O–H groups in total. The number of hydrogen-bond donors (Lipinski definition) is 1. The van der Waals surface area contributed by atoms with Crippen LogP contribution < -0.4 is 5.32 Å². The van der Waals surface area contributed by atoms with E-state index in [0.29, 0.717) is 43.8 Å². The Labute approximate surface area is 129 Å². The molecule has 0 radical (unpaired) electrons. The lowest BCUT2D eigenvalue weighted by Crippen LogP contribution is -2.30. The highest BCUT2D eigenvalue weighted by Crippen LogP contribution is 2.10. The zero-order valence-electron chi connectivity index (χ0n) is 13.0. The van der Waals surface area contributed by atoms with Crippen molar-refractivity contribution in [1.82, 2.24) is 19.5 Å². The number of nitrogens with zero attached hydrogens (tertiary/aromatic N) is 4. The minimum absolute atomic E-state index is 0.0937. The van der Waals surface area contributed by atoms with Gasteiger partial charge in [-0.1, -0.05) is 0 Å². The van der Waals surface area contributed by atoms with Crippen LogP contribution in [0.1, 0.15) is 33.1 Å². The molecule has 0 aliphatic carbocycles. The monoisotopic (exact) mass is 303 g/mol. The number of carbonyl (C=O) groups is 2. The lowest BCUT2D eigenvalue weighted by molar-refractivity contribution is -0.130. The maximum atomic E-state index is 12.0. The third-order valence-corrected chi connectivity index (χ3v) is 3.47. The van der Waals surface area contributed by atoms with E-state index in [-0.39, 0.29) is 11.8 Å². The van der Waals surface area contributed by atoms with E-state index in [1.54, 1.807) is 33.9 Å². The molecule has 0 aliphatic rings. The van der Waals surface area contributed by atoms with Crippen LogP contribution in [0.25, 0.3) is 5.65 Å². The van der Waals surface area contributed by atoms with E-state index in [1.807, 2.05) is 13.8 Å². The number of fused-ring (bicyclic) bond motifs is 1. The zero-order chi connectivity index (χ0) is 15.9. The Kier molecular flexibility index (Phi) is 5.46. The molecule has 0 saturated carbocycles. The fraction of sp³-hybridized carbons (Fsp3) is 0.467. The number of anilines is 1. The number of amides is 2. The molecule has 0 aromatic carbocycles. The van der Waals surface area contributed by atoms with Crippen molar-refractivity contribution in [3.63, 3.8) is 0 Å². The molecule has 0 atom stereocenters. The molecule has 22 heavy (non-hydrogen) atoms. The Hall–Kier alpha value is -2.44. The second-order valence-electron chi connectivity index (χ2n) is 4.90. The van der Waals surface area contributed by atoms with Gasteiger partial charge in [-0.2, -0.15) is 9.61 Å². The third kappa shape index (κ3) is 3.81. The largest absolute Gasteiger partial charge is 0.343 e. The number of hydrogen-bond acceptors (Lipinski definition) is 4. The van der Waals surface area contributed by atoms with E-state index in [2.05, 4.69) is 15.4 Å². The van der Waals surface area contributed by atoms with Crippen molar-refractivity contribution >= 4 is 23.3 Å². The molecule has 2 heterocycles. The van der Waals surface area contributed by atoms with Crippen LogP contribution in [0, 0.1) is 0 Å². The minimum Gasteiger partial charge on any atom is -0.343 e. The first-order chi connectivity index (χ1) is 10.7. The van der Waals surface area contributed by atoms with E-state index in [4.69, 9.17) is 0 Å². The van der Waals surface area contributed by atoms with Crippen LogP contribution >= 0.6 is 0 Å². The van der Waals surface area contributed by atoms with Crippen molar-refractivity contribution in [3.8, 4) is 0 Å². The maximum Gasteiger partial charge on any atom is 0.225 e. The Morgan fingerprint density at radius 2 is 1.95 bits per heavy atom. The van der Waals surface area contributed by atoms with E-state index in [9.17, 15) is 9.59 Å². The quantitative estimate of drug-likeness (QED) is 0.844. The number of nitrogens with one attached hydrogen (secondary N) is 1. The van der Waals surface area contributed by atoms with Crippen molar-refractivity contribution in [2.45, 2.75) is 33.1 Å². The van der Waals surface area contributed by atoms with Crippen molar-refractivity contribution < 1.29 is 9.59 Å². The molecular weight excluding hydrogens is 282 g/mol. The summed E-state index contributed by atoms with van der Waals surface area (Å²) in [4.78, 5) is 29.7. The molecule has 0 fully saturated rings. The Morgan fingerprint density at radius 3 is 2.68 bits per heavy atom. The fourth-order valence-electron chi connectivity index (χ4n) is 2.27. The predicted molar refractivity (Wildman–Crippen MR) is 83.4 cm³/mol. The van der Waals surface area contributed by atoms with E-state index < -0.39 is 0 Å². The average molecular weight is 303 g/mol. The van der Waals surface area contributed by atoms with E-state index >= 15 is 0 Å². The highest BCUT2D eigenvalue weighted by atomic mass is 16.2. The molecule has 0 saturated heterocycles. The van der Waals surface area contributed by atoms with Gasteiger partial charge >= 0.3 is 0 Å². The molecular formula is C15H21N5O2. The highest BCUT2D eigenvalue weighted by Gasteiger charge is 2.11. The van der Waals surface area contributed by atoms with Crippen LogP contribution in [0.3, 0.4) is 0 Å². The SMILES string of the molecule is CCN(CC)C(=O)CCCC(=O)Nc1ccnc2ccnn12. The highest BCUT2D eigenvalue weighted by molar-refractivity contribution is 5.90. The third-order valence-electron chi connectivity index (χ3n) is 3.47. The molecule has 7 heteroatoms. The summed E-state index contributed by atoms with van der Waals surface area (Å²) in [6, 6.07) is 3.46. The molecule has 0 unspecified atom stereocenters. The Morgan fingerprint density at radius 1 is 1.18 bits per heavy atom. The molecule has 2 aromatic rings. The van der Waals surface area contributed by atoms with Crippen LogP contribution in [0.15, 0.2) is 24.5 Å². The summed E-state index contributed by atoms with van der Waals surface area (Å²) in [5.41, 5.74) is 0.675. The van der Waals surface area contributed by atoms with Crippen molar-refractivity contribution in [2.24, 2.45) is 0 Å². The standard InChI is InChI=1S/C15H21N5O2/c1-3-19(4-2)15(22)7-5-6-14(21)18-13-8-10-16-12-9-11-17-20(12)13/h8-11H,3-7H2,1-2H3,(H,18,21). The maximum absolute atomic E-state index is 12.0. The van der Waals surface area contributed by atoms with Gasteiger partial charge in [0.2, 0.25) is 11.8 Å². The summed E-state index contributed by atoms with van der Waals surface area (Å²) in [7, 11) is 0. The zero-order valence-corrected chi connectivity index (χ0v) is 13.0. The first-order valence-corrected chi connectivity index (χ1v) is 7.52. The number of carbonyl (C=O) groups excluding carboxylic acids is 2. The van der Waals surface area contributed by atoms with Crippen molar-refractivity contribution in [2.75, 3.05) is 18.4 Å². The van der Waals surface area contributed by atoms with Gasteiger partial charge in [-0.05, 0) is 26.3 Å². The van der Waals surface area contributed by atoms with Crippen LogP contribution in [-0.4, -0.2) is 44.4 Å². The molecule has 2 amide bonds. The summed E-state index contributed by atoms with van der Waals surface area (Å²) < 4.78 is 1.57. The Bertz CT molecular complexity index is 648. The summed E-state index contributed by atoms with van der Waals surface area (Å²) in [5.74, 6) is 0.543. The lowest BCUT2D eigenvalue weighted by atomic mass is 10.2. The summed E-state index contributed by atoms with van der Waals surface area (Å²) in [5, 5.41) is 6.90. The number of aromatic nitrogens is 3. The van der Waals surface area contributed by atoms with Crippen LogP contribution in [0.5, 0.6) is 0 Å². The summed E-state index contributed by atoms with van der Waals surface area (Å²) in [6.45, 7) is 5.31. The van der Waals surface area contributed by atoms with Gasteiger partial charge in [-0.15, -0.1) is 0 Å². The van der Waals surface area contributed by atoms with Gasteiger partial charge in [0.05, 0.1) is 6.20 Å². The first-order valence-electron chi connectivity index (χ1n) is 7.52. The fourth-order valence-corrected chi connectivity index (χ4v) is 2.27. The lowest BCUT2D eigenvalue weighted by Gasteiger charge is -2.18. The molecule has 2 rings (SSSR count). The topological polar surface area (TPSA) is 79.6 Å². The smallest absolute Gasteiger partial charge is 0.225 e. The number of rotatable bonds is 7. The molecule has 0 spiro atoms. The average Bonchev–Trinajstić information content (AvgIpc) is 2.98. The molecule has 0 aliphatic heterocycles. The van der Waals surface area contributed by atoms with E-state index in [0.717, 1.165) is 0 Å². The second-order valence-corrected chi connectivity index (χ2v) is 4.90. The normalized spacial score (nSPS) is 10.6. The van der Waals surface area contributed by atoms with E-state index in [1.165, 1.54) is 0 Å². The first kappa shape index (κ1) is 15.9. The van der Waals surface area contributed by atoms with Crippen molar-refractivity contribution in [1.29, 1.82) is 0 Å². The van der Waals surface area contributed by atoms with Crippen LogP contribution in [0.4, 0.5) is 5.82 Å². The van der Waals surface area contributed by atoms with Crippen LogP contribution in [0.2, 0.25) is 0 Å². The molecule has 7 nitrogen and oxygen atoms in total. The van der Waals surface area contributed by atoms with Crippen molar-refractivity contribution in [3.05, 3.63) is 24.5 Å². The summed E-state index contributed by atoms with van der Waals surface area (Å²) in [6.07, 6.45) is 4.48. The predicted octanol–water partition coefficient (Wildman–Crippen LogP) is 1.71.